The standard InChI is InChI=1S/C20H41N3O2/c1-5-6-7-8-9-10-18(2)15-22-20(21-3)23-12-11-19(16-23)17-25-14-13-24-4/h18-19H,5-17H2,1-4H3,(H,21,22). The van der Waals surface area contributed by atoms with Crippen LogP contribution in [0.15, 0.2) is 4.99 Å². The Kier molecular flexibility index (Phi) is 12.8. The Morgan fingerprint density at radius 3 is 2.76 bits per heavy atom. The molecule has 1 aliphatic heterocycles. The van der Waals surface area contributed by atoms with Crippen LogP contribution in [0.25, 0.3) is 0 Å². The van der Waals surface area contributed by atoms with Crippen LogP contribution in [-0.2, 0) is 9.47 Å². The van der Waals surface area contributed by atoms with Crippen LogP contribution in [0.5, 0.6) is 0 Å². The highest BCUT2D eigenvalue weighted by molar-refractivity contribution is 5.80. The molecule has 0 radical (unpaired) electrons. The van der Waals surface area contributed by atoms with Crippen molar-refractivity contribution in [2.75, 3.05) is 53.6 Å². The highest BCUT2D eigenvalue weighted by atomic mass is 16.5. The highest BCUT2D eigenvalue weighted by Gasteiger charge is 2.25. The molecule has 0 bridgehead atoms. The van der Waals surface area contributed by atoms with Crippen molar-refractivity contribution in [2.45, 2.75) is 58.8 Å². The zero-order valence-electron chi connectivity index (χ0n) is 17.1. The molecule has 1 N–H and O–H groups in total. The zero-order chi connectivity index (χ0) is 18.3. The maximum Gasteiger partial charge on any atom is 0.193 e. The molecule has 148 valence electrons. The lowest BCUT2D eigenvalue weighted by Gasteiger charge is -2.23. The van der Waals surface area contributed by atoms with Gasteiger partial charge in [0.25, 0.3) is 0 Å². The number of hydrogen-bond donors (Lipinski definition) is 1. The molecular formula is C20H41N3O2. The van der Waals surface area contributed by atoms with E-state index in [9.17, 15) is 0 Å². The minimum Gasteiger partial charge on any atom is -0.382 e. The first-order chi connectivity index (χ1) is 12.2. The van der Waals surface area contributed by atoms with E-state index in [-0.39, 0.29) is 0 Å². The highest BCUT2D eigenvalue weighted by Crippen LogP contribution is 2.17. The number of methoxy groups -OCH3 is 1. The maximum absolute atomic E-state index is 5.68. The van der Waals surface area contributed by atoms with Gasteiger partial charge in [-0.2, -0.15) is 0 Å². The smallest absolute Gasteiger partial charge is 0.193 e. The summed E-state index contributed by atoms with van der Waals surface area (Å²) in [6, 6.07) is 0. The van der Waals surface area contributed by atoms with Crippen molar-refractivity contribution in [3.05, 3.63) is 0 Å². The number of nitrogens with zero attached hydrogens (tertiary/aromatic N) is 2. The Balaban J connectivity index is 2.17. The first-order valence-corrected chi connectivity index (χ1v) is 10.2. The summed E-state index contributed by atoms with van der Waals surface area (Å²) in [5.41, 5.74) is 0. The van der Waals surface area contributed by atoms with Gasteiger partial charge in [-0.05, 0) is 18.8 Å². The summed E-state index contributed by atoms with van der Waals surface area (Å²) in [5, 5.41) is 3.58. The average molecular weight is 356 g/mol. The molecular weight excluding hydrogens is 314 g/mol. The van der Waals surface area contributed by atoms with E-state index in [0.29, 0.717) is 25.0 Å². The number of guanidine groups is 1. The molecule has 25 heavy (non-hydrogen) atoms. The summed E-state index contributed by atoms with van der Waals surface area (Å²) in [4.78, 5) is 6.85. The molecule has 1 rings (SSSR count). The van der Waals surface area contributed by atoms with Crippen LogP contribution >= 0.6 is 0 Å². The van der Waals surface area contributed by atoms with Crippen LogP contribution in [-0.4, -0.2) is 64.5 Å². The molecule has 0 saturated carbocycles. The number of nitrogens with one attached hydrogen (secondary N) is 1. The third-order valence-corrected chi connectivity index (χ3v) is 4.99. The fraction of sp³-hybridized carbons (Fsp3) is 0.950. The van der Waals surface area contributed by atoms with Crippen LogP contribution < -0.4 is 5.32 Å². The Hall–Kier alpha value is -0.810. The van der Waals surface area contributed by atoms with E-state index in [0.717, 1.165) is 32.2 Å². The molecule has 0 aromatic heterocycles. The summed E-state index contributed by atoms with van der Waals surface area (Å²) in [5.74, 6) is 2.36. The second-order valence-corrected chi connectivity index (χ2v) is 7.40. The molecule has 1 fully saturated rings. The first kappa shape index (κ1) is 22.2. The lowest BCUT2D eigenvalue weighted by molar-refractivity contribution is 0.0536. The summed E-state index contributed by atoms with van der Waals surface area (Å²) >= 11 is 0. The van der Waals surface area contributed by atoms with Crippen LogP contribution in [0.3, 0.4) is 0 Å². The largest absolute Gasteiger partial charge is 0.382 e. The van der Waals surface area contributed by atoms with Crippen molar-refractivity contribution >= 4 is 5.96 Å². The molecule has 0 aromatic rings. The first-order valence-electron chi connectivity index (χ1n) is 10.2. The van der Waals surface area contributed by atoms with Crippen LogP contribution in [0, 0.1) is 11.8 Å². The molecule has 5 nitrogen and oxygen atoms in total. The molecule has 5 heteroatoms. The van der Waals surface area contributed by atoms with Gasteiger partial charge in [0.05, 0.1) is 19.8 Å². The Bertz CT molecular complexity index is 350. The van der Waals surface area contributed by atoms with Crippen LogP contribution in [0.2, 0.25) is 0 Å². The fourth-order valence-corrected chi connectivity index (χ4v) is 3.35. The molecule has 1 saturated heterocycles. The number of likely N-dealkylation sites (tertiary alicyclic amines) is 1. The van der Waals surface area contributed by atoms with Gasteiger partial charge < -0.3 is 19.7 Å². The van der Waals surface area contributed by atoms with Gasteiger partial charge in [0.2, 0.25) is 0 Å². The lowest BCUT2D eigenvalue weighted by atomic mass is 10.0. The molecule has 0 aliphatic carbocycles. The van der Waals surface area contributed by atoms with Gasteiger partial charge in [0.15, 0.2) is 5.96 Å². The average Bonchev–Trinajstić information content (AvgIpc) is 3.08. The number of unbranched alkanes of at least 4 members (excludes halogenated alkanes) is 4. The second kappa shape index (κ2) is 14.4. The van der Waals surface area contributed by atoms with Crippen LogP contribution in [0.1, 0.15) is 58.8 Å². The van der Waals surface area contributed by atoms with E-state index in [1.165, 1.54) is 44.9 Å². The van der Waals surface area contributed by atoms with Gasteiger partial charge in [0.1, 0.15) is 0 Å². The van der Waals surface area contributed by atoms with Crippen molar-refractivity contribution in [1.29, 1.82) is 0 Å². The zero-order valence-corrected chi connectivity index (χ0v) is 17.1. The van der Waals surface area contributed by atoms with Crippen molar-refractivity contribution in [3.63, 3.8) is 0 Å². The van der Waals surface area contributed by atoms with Crippen molar-refractivity contribution in [2.24, 2.45) is 16.8 Å². The van der Waals surface area contributed by atoms with E-state index in [1.807, 2.05) is 7.05 Å². The van der Waals surface area contributed by atoms with Crippen molar-refractivity contribution in [1.82, 2.24) is 10.2 Å². The van der Waals surface area contributed by atoms with E-state index < -0.39 is 0 Å². The van der Waals surface area contributed by atoms with E-state index >= 15 is 0 Å². The summed E-state index contributed by atoms with van der Waals surface area (Å²) in [6.07, 6.45) is 9.31. The Labute approximate surface area is 155 Å². The molecule has 0 amide bonds. The normalized spacial score (nSPS) is 19.4. The predicted molar refractivity (Wildman–Crippen MR) is 106 cm³/mol. The van der Waals surface area contributed by atoms with E-state index in [1.54, 1.807) is 7.11 Å². The topological polar surface area (TPSA) is 46.1 Å². The maximum atomic E-state index is 5.68. The van der Waals surface area contributed by atoms with Gasteiger partial charge in [-0.3, -0.25) is 4.99 Å². The van der Waals surface area contributed by atoms with Gasteiger partial charge in [0, 0.05) is 39.7 Å². The van der Waals surface area contributed by atoms with E-state index in [4.69, 9.17) is 9.47 Å². The summed E-state index contributed by atoms with van der Waals surface area (Å²) in [7, 11) is 3.60. The number of aliphatic imine (C=N–C) groups is 1. The summed E-state index contributed by atoms with van der Waals surface area (Å²) < 4.78 is 10.7. The fourth-order valence-electron chi connectivity index (χ4n) is 3.35. The Morgan fingerprint density at radius 2 is 2.04 bits per heavy atom. The van der Waals surface area contributed by atoms with Gasteiger partial charge in [-0.1, -0.05) is 46.0 Å². The SMILES string of the molecule is CCCCCCCC(C)CNC(=NC)N1CCC(COCCOC)C1. The Morgan fingerprint density at radius 1 is 1.24 bits per heavy atom. The molecule has 2 unspecified atom stereocenters. The molecule has 2 atom stereocenters. The molecule has 0 aromatic carbocycles. The van der Waals surface area contributed by atoms with Crippen LogP contribution in [0.4, 0.5) is 0 Å². The third kappa shape index (κ3) is 10.0. The van der Waals surface area contributed by atoms with Crippen molar-refractivity contribution in [3.8, 4) is 0 Å². The van der Waals surface area contributed by atoms with E-state index in [2.05, 4.69) is 29.1 Å². The molecule has 1 aliphatic rings. The second-order valence-electron chi connectivity index (χ2n) is 7.40. The number of hydrogen-bond acceptors (Lipinski definition) is 3. The minimum absolute atomic E-state index is 0.603. The van der Waals surface area contributed by atoms with Gasteiger partial charge in [-0.25, -0.2) is 0 Å². The number of ether oxygens (including phenoxy) is 2. The van der Waals surface area contributed by atoms with Gasteiger partial charge in [-0.15, -0.1) is 0 Å². The minimum atomic E-state index is 0.603. The predicted octanol–water partition coefficient (Wildman–Crippen LogP) is 3.54. The number of rotatable bonds is 13. The quantitative estimate of drug-likeness (QED) is 0.312. The molecule has 1 heterocycles. The lowest BCUT2D eigenvalue weighted by Crippen LogP contribution is -2.42. The molecule has 0 spiro atoms. The monoisotopic (exact) mass is 355 g/mol. The van der Waals surface area contributed by atoms with Gasteiger partial charge >= 0.3 is 0 Å². The summed E-state index contributed by atoms with van der Waals surface area (Å²) in [6.45, 7) is 9.94. The van der Waals surface area contributed by atoms with Crippen molar-refractivity contribution < 1.29 is 9.47 Å². The third-order valence-electron chi connectivity index (χ3n) is 4.99.